The molecule has 0 saturated carbocycles. The Kier molecular flexibility index (Phi) is 4.22. The fourth-order valence-corrected chi connectivity index (χ4v) is 2.63. The van der Waals surface area contributed by atoms with Gasteiger partial charge in [0.15, 0.2) is 0 Å². The summed E-state index contributed by atoms with van der Waals surface area (Å²) in [6, 6.07) is 0. The quantitative estimate of drug-likeness (QED) is 0.899. The third-order valence-corrected chi connectivity index (χ3v) is 3.81. The predicted molar refractivity (Wildman–Crippen MR) is 69.4 cm³/mol. The van der Waals surface area contributed by atoms with Gasteiger partial charge in [0.1, 0.15) is 0 Å². The van der Waals surface area contributed by atoms with Crippen molar-refractivity contribution in [3.05, 3.63) is 32.7 Å². The molecule has 1 amide bonds. The van der Waals surface area contributed by atoms with Gasteiger partial charge in [-0.25, -0.2) is 9.97 Å². The van der Waals surface area contributed by atoms with E-state index in [0.717, 1.165) is 22.1 Å². The highest BCUT2D eigenvalue weighted by Crippen LogP contribution is 2.08. The van der Waals surface area contributed by atoms with Gasteiger partial charge in [-0.05, 0) is 6.92 Å². The normalized spacial score (nSPS) is 10.4. The lowest BCUT2D eigenvalue weighted by molar-refractivity contribution is -0.120. The number of carbonyl (C=O) groups excluding carboxylic acids is 1. The molecule has 1 N–H and O–H groups in total. The average Bonchev–Trinajstić information content (AvgIpc) is 2.90. The monoisotopic (exact) mass is 267 g/mol. The van der Waals surface area contributed by atoms with Gasteiger partial charge in [0.2, 0.25) is 5.91 Å². The smallest absolute Gasteiger partial charge is 0.226 e. The molecule has 90 valence electrons. The lowest BCUT2D eigenvalue weighted by atomic mass is 10.3. The maximum Gasteiger partial charge on any atom is 0.226 e. The molecule has 0 fully saturated rings. The molecular weight excluding hydrogens is 254 g/mol. The number of nitrogens with one attached hydrogen (secondary N) is 1. The number of aryl methyl sites for hydroxylation is 1. The Morgan fingerprint density at radius 1 is 1.47 bits per heavy atom. The minimum absolute atomic E-state index is 0.0202. The molecule has 0 aliphatic heterocycles. The molecule has 4 nitrogen and oxygen atoms in total. The Hall–Kier alpha value is -1.27. The number of amides is 1. The first-order chi connectivity index (χ1) is 8.24. The number of thiazole rings is 2. The van der Waals surface area contributed by atoms with Gasteiger partial charge in [-0.15, -0.1) is 22.7 Å². The molecule has 6 heteroatoms. The van der Waals surface area contributed by atoms with Crippen molar-refractivity contribution in [2.24, 2.45) is 0 Å². The summed E-state index contributed by atoms with van der Waals surface area (Å²) in [5.41, 5.74) is 0.847. The zero-order valence-corrected chi connectivity index (χ0v) is 11.1. The van der Waals surface area contributed by atoms with Gasteiger partial charge in [0.05, 0.1) is 22.1 Å². The van der Waals surface area contributed by atoms with E-state index < -0.39 is 0 Å². The van der Waals surface area contributed by atoms with Gasteiger partial charge in [0.25, 0.3) is 0 Å². The van der Waals surface area contributed by atoms with Crippen LogP contribution in [0, 0.1) is 6.92 Å². The van der Waals surface area contributed by atoms with Crippen molar-refractivity contribution in [1.82, 2.24) is 15.3 Å². The van der Waals surface area contributed by atoms with Crippen molar-refractivity contribution in [1.29, 1.82) is 0 Å². The SMILES string of the molecule is Cc1nc(CC(=O)NCCc2nccs2)cs1. The Bertz CT molecular complexity index is 479. The van der Waals surface area contributed by atoms with Gasteiger partial charge < -0.3 is 5.32 Å². The van der Waals surface area contributed by atoms with Gasteiger partial charge >= 0.3 is 0 Å². The lowest BCUT2D eigenvalue weighted by Crippen LogP contribution is -2.27. The molecule has 0 unspecified atom stereocenters. The molecule has 2 aromatic heterocycles. The second-order valence-corrected chi connectivity index (χ2v) is 5.60. The number of carbonyl (C=O) groups is 1. The summed E-state index contributed by atoms with van der Waals surface area (Å²) in [7, 11) is 0. The summed E-state index contributed by atoms with van der Waals surface area (Å²) in [6.45, 7) is 2.57. The van der Waals surface area contributed by atoms with Crippen LogP contribution in [0.5, 0.6) is 0 Å². The molecule has 2 aromatic rings. The second-order valence-electron chi connectivity index (χ2n) is 3.56. The molecule has 0 aliphatic carbocycles. The first-order valence-corrected chi connectivity index (χ1v) is 7.06. The van der Waals surface area contributed by atoms with E-state index in [1.54, 1.807) is 28.9 Å². The maximum atomic E-state index is 11.6. The van der Waals surface area contributed by atoms with Crippen molar-refractivity contribution >= 4 is 28.6 Å². The van der Waals surface area contributed by atoms with E-state index in [1.165, 1.54) is 0 Å². The van der Waals surface area contributed by atoms with Crippen LogP contribution in [0.1, 0.15) is 15.7 Å². The van der Waals surface area contributed by atoms with E-state index in [2.05, 4.69) is 15.3 Å². The number of aromatic nitrogens is 2. The standard InChI is InChI=1S/C11H13N3OS2/c1-8-14-9(7-17-8)6-10(15)12-3-2-11-13-4-5-16-11/h4-5,7H,2-3,6H2,1H3,(H,12,15). The van der Waals surface area contributed by atoms with E-state index in [9.17, 15) is 4.79 Å². The van der Waals surface area contributed by atoms with Gasteiger partial charge in [-0.2, -0.15) is 0 Å². The number of hydrogen-bond acceptors (Lipinski definition) is 5. The van der Waals surface area contributed by atoms with Crippen molar-refractivity contribution in [2.45, 2.75) is 19.8 Å². The molecule has 2 heterocycles. The van der Waals surface area contributed by atoms with E-state index in [1.807, 2.05) is 17.7 Å². The molecular formula is C11H13N3OS2. The Labute approximate surface area is 108 Å². The zero-order chi connectivity index (χ0) is 12.1. The summed E-state index contributed by atoms with van der Waals surface area (Å²) in [5, 5.41) is 8.78. The Balaban J connectivity index is 1.71. The molecule has 0 aromatic carbocycles. The minimum atomic E-state index is 0.0202. The summed E-state index contributed by atoms with van der Waals surface area (Å²) in [5.74, 6) is 0.0202. The lowest BCUT2D eigenvalue weighted by Gasteiger charge is -2.01. The third-order valence-electron chi connectivity index (χ3n) is 2.15. The molecule has 0 saturated heterocycles. The van der Waals surface area contributed by atoms with E-state index >= 15 is 0 Å². The maximum absolute atomic E-state index is 11.6. The molecule has 0 bridgehead atoms. The largest absolute Gasteiger partial charge is 0.355 e. The van der Waals surface area contributed by atoms with Crippen LogP contribution >= 0.6 is 22.7 Å². The second kappa shape index (κ2) is 5.88. The summed E-state index contributed by atoms with van der Waals surface area (Å²) in [6.07, 6.45) is 2.93. The highest BCUT2D eigenvalue weighted by atomic mass is 32.1. The fourth-order valence-electron chi connectivity index (χ4n) is 1.40. The first-order valence-electron chi connectivity index (χ1n) is 5.30. The number of nitrogens with zero attached hydrogens (tertiary/aromatic N) is 2. The van der Waals surface area contributed by atoms with E-state index in [0.29, 0.717) is 13.0 Å². The molecule has 2 rings (SSSR count). The highest BCUT2D eigenvalue weighted by Gasteiger charge is 2.06. The highest BCUT2D eigenvalue weighted by molar-refractivity contribution is 7.09. The topological polar surface area (TPSA) is 54.9 Å². The Morgan fingerprint density at radius 2 is 2.35 bits per heavy atom. The molecule has 0 atom stereocenters. The van der Waals surface area contributed by atoms with E-state index in [-0.39, 0.29) is 5.91 Å². The van der Waals surface area contributed by atoms with Crippen LogP contribution in [0.25, 0.3) is 0 Å². The Morgan fingerprint density at radius 3 is 3.00 bits per heavy atom. The summed E-state index contributed by atoms with van der Waals surface area (Å²) in [4.78, 5) is 20.0. The van der Waals surface area contributed by atoms with Gasteiger partial charge in [0, 0.05) is 29.9 Å². The van der Waals surface area contributed by atoms with Crippen molar-refractivity contribution in [3.8, 4) is 0 Å². The van der Waals surface area contributed by atoms with Crippen molar-refractivity contribution in [3.63, 3.8) is 0 Å². The van der Waals surface area contributed by atoms with Gasteiger partial charge in [-0.1, -0.05) is 0 Å². The number of rotatable bonds is 5. The summed E-state index contributed by atoms with van der Waals surface area (Å²) < 4.78 is 0. The molecule has 0 radical (unpaired) electrons. The average molecular weight is 267 g/mol. The van der Waals surface area contributed by atoms with Crippen LogP contribution in [0.4, 0.5) is 0 Å². The van der Waals surface area contributed by atoms with Crippen LogP contribution in [0.3, 0.4) is 0 Å². The molecule has 0 spiro atoms. The zero-order valence-electron chi connectivity index (χ0n) is 9.47. The van der Waals surface area contributed by atoms with Crippen molar-refractivity contribution in [2.75, 3.05) is 6.54 Å². The van der Waals surface area contributed by atoms with Crippen LogP contribution < -0.4 is 5.32 Å². The predicted octanol–water partition coefficient (Wildman–Crippen LogP) is 1.81. The number of hydrogen-bond donors (Lipinski definition) is 1. The summed E-state index contributed by atoms with van der Waals surface area (Å²) >= 11 is 3.18. The third kappa shape index (κ3) is 3.90. The van der Waals surface area contributed by atoms with Crippen LogP contribution in [-0.2, 0) is 17.6 Å². The van der Waals surface area contributed by atoms with Crippen LogP contribution in [-0.4, -0.2) is 22.4 Å². The first kappa shape index (κ1) is 12.2. The van der Waals surface area contributed by atoms with Gasteiger partial charge in [-0.3, -0.25) is 4.79 Å². The minimum Gasteiger partial charge on any atom is -0.355 e. The van der Waals surface area contributed by atoms with Crippen LogP contribution in [0.2, 0.25) is 0 Å². The molecule has 0 aliphatic rings. The van der Waals surface area contributed by atoms with Crippen molar-refractivity contribution < 1.29 is 4.79 Å². The van der Waals surface area contributed by atoms with Crippen LogP contribution in [0.15, 0.2) is 17.0 Å². The van der Waals surface area contributed by atoms with E-state index in [4.69, 9.17) is 0 Å². The molecule has 17 heavy (non-hydrogen) atoms. The fraction of sp³-hybridized carbons (Fsp3) is 0.364.